The van der Waals surface area contributed by atoms with Crippen molar-refractivity contribution in [3.63, 3.8) is 0 Å². The van der Waals surface area contributed by atoms with E-state index >= 15 is 0 Å². The van der Waals surface area contributed by atoms with Crippen molar-refractivity contribution in [2.24, 2.45) is 5.73 Å². The van der Waals surface area contributed by atoms with Crippen LogP contribution in [0.15, 0.2) is 22.7 Å². The Bertz CT molecular complexity index is 423. The number of thiocarbonyl (C=S) groups is 1. The van der Waals surface area contributed by atoms with Gasteiger partial charge in [0.05, 0.1) is 18.6 Å². The second kappa shape index (κ2) is 5.68. The van der Waals surface area contributed by atoms with Crippen molar-refractivity contribution in [2.75, 3.05) is 6.61 Å². The van der Waals surface area contributed by atoms with Crippen molar-refractivity contribution in [3.05, 3.63) is 28.2 Å². The quantitative estimate of drug-likeness (QED) is 0.861. The molecule has 17 heavy (non-hydrogen) atoms. The van der Waals surface area contributed by atoms with E-state index in [9.17, 15) is 13.2 Å². The normalized spacial score (nSPS) is 11.3. The summed E-state index contributed by atoms with van der Waals surface area (Å²) < 4.78 is 41.5. The summed E-state index contributed by atoms with van der Waals surface area (Å²) in [4.78, 5) is 0.0690. The molecule has 2 nitrogen and oxygen atoms in total. The number of hydrogen-bond acceptors (Lipinski definition) is 2. The van der Waals surface area contributed by atoms with Gasteiger partial charge in [-0.25, -0.2) is 0 Å². The van der Waals surface area contributed by atoms with Crippen LogP contribution in [0, 0.1) is 0 Å². The Morgan fingerprint density at radius 2 is 2.06 bits per heavy atom. The van der Waals surface area contributed by atoms with Crippen molar-refractivity contribution in [1.82, 2.24) is 0 Å². The average molecular weight is 328 g/mol. The van der Waals surface area contributed by atoms with Gasteiger partial charge in [0.2, 0.25) is 0 Å². The molecule has 0 fully saturated rings. The molecule has 1 aromatic carbocycles. The lowest BCUT2D eigenvalue weighted by Gasteiger charge is -2.12. The molecule has 1 aromatic rings. The molecular weight excluding hydrogens is 319 g/mol. The summed E-state index contributed by atoms with van der Waals surface area (Å²) in [6.45, 7) is -0.463. The highest BCUT2D eigenvalue weighted by molar-refractivity contribution is 9.10. The maximum Gasteiger partial charge on any atom is 0.392 e. The van der Waals surface area contributed by atoms with Gasteiger partial charge in [-0.05, 0) is 28.1 Å². The first kappa shape index (κ1) is 14.2. The zero-order chi connectivity index (χ0) is 13.1. The Labute approximate surface area is 110 Å². The summed E-state index contributed by atoms with van der Waals surface area (Å²) in [5.41, 5.74) is 5.88. The first-order chi connectivity index (χ1) is 7.81. The predicted octanol–water partition coefficient (Wildman–Crippen LogP) is 3.41. The molecule has 7 heteroatoms. The first-order valence-electron chi connectivity index (χ1n) is 4.59. The van der Waals surface area contributed by atoms with Crippen molar-refractivity contribution in [2.45, 2.75) is 12.6 Å². The van der Waals surface area contributed by atoms with Gasteiger partial charge < -0.3 is 10.5 Å². The molecular formula is C10H9BrF3NOS. The molecule has 0 saturated heterocycles. The van der Waals surface area contributed by atoms with Gasteiger partial charge in [0.25, 0.3) is 0 Å². The highest BCUT2D eigenvalue weighted by Gasteiger charge is 2.27. The van der Waals surface area contributed by atoms with Crippen LogP contribution in [0.3, 0.4) is 0 Å². The molecule has 0 atom stereocenters. The van der Waals surface area contributed by atoms with E-state index in [0.29, 0.717) is 10.0 Å². The number of ether oxygens (including phenoxy) is 1. The van der Waals surface area contributed by atoms with E-state index in [1.165, 1.54) is 6.07 Å². The lowest BCUT2D eigenvalue weighted by atomic mass is 10.2. The van der Waals surface area contributed by atoms with Crippen LogP contribution >= 0.6 is 28.1 Å². The predicted molar refractivity (Wildman–Crippen MR) is 66.2 cm³/mol. The molecule has 0 amide bonds. The van der Waals surface area contributed by atoms with E-state index in [1.807, 2.05) is 0 Å². The number of nitrogens with two attached hydrogens (primary N) is 1. The molecule has 0 aliphatic carbocycles. The summed E-state index contributed by atoms with van der Waals surface area (Å²) in [7, 11) is 0. The fraction of sp³-hybridized carbons (Fsp3) is 0.300. The first-order valence-corrected chi connectivity index (χ1v) is 5.79. The molecule has 0 heterocycles. The van der Waals surface area contributed by atoms with Gasteiger partial charge in [0, 0.05) is 4.47 Å². The van der Waals surface area contributed by atoms with Crippen LogP contribution in [0.25, 0.3) is 0 Å². The largest absolute Gasteiger partial charge is 0.492 e. The number of halogens is 4. The lowest BCUT2D eigenvalue weighted by molar-refractivity contribution is -0.139. The Balaban J connectivity index is 2.78. The summed E-state index contributed by atoms with van der Waals surface area (Å²) in [6.07, 6.45) is -5.26. The summed E-state index contributed by atoms with van der Waals surface area (Å²) in [5.74, 6) is 0.246. The van der Waals surface area contributed by atoms with Crippen LogP contribution in [-0.4, -0.2) is 17.8 Å². The molecule has 0 unspecified atom stereocenters. The topological polar surface area (TPSA) is 35.2 Å². The van der Waals surface area contributed by atoms with Gasteiger partial charge in [-0.1, -0.05) is 18.3 Å². The Hall–Kier alpha value is -0.820. The van der Waals surface area contributed by atoms with E-state index in [0.717, 1.165) is 0 Å². The second-order valence-electron chi connectivity index (χ2n) is 3.19. The molecule has 0 bridgehead atoms. The smallest absolute Gasteiger partial charge is 0.392 e. The Morgan fingerprint density at radius 1 is 1.41 bits per heavy atom. The highest BCUT2D eigenvalue weighted by Crippen LogP contribution is 2.27. The molecule has 1 rings (SSSR count). The summed E-state index contributed by atoms with van der Waals surface area (Å²) >= 11 is 8.02. The van der Waals surface area contributed by atoms with Gasteiger partial charge in [0.15, 0.2) is 0 Å². The van der Waals surface area contributed by atoms with Gasteiger partial charge >= 0.3 is 6.18 Å². The van der Waals surface area contributed by atoms with Crippen LogP contribution in [-0.2, 0) is 0 Å². The van der Waals surface area contributed by atoms with Crippen molar-refractivity contribution in [1.29, 1.82) is 0 Å². The third kappa shape index (κ3) is 4.51. The van der Waals surface area contributed by atoms with Crippen molar-refractivity contribution >= 4 is 33.1 Å². The van der Waals surface area contributed by atoms with Crippen LogP contribution < -0.4 is 10.5 Å². The maximum atomic E-state index is 12.0. The van der Waals surface area contributed by atoms with Gasteiger partial charge in [-0.15, -0.1) is 0 Å². The maximum absolute atomic E-state index is 12.0. The minimum atomic E-state index is -4.24. The van der Waals surface area contributed by atoms with Crippen LogP contribution in [0.1, 0.15) is 12.0 Å². The molecule has 0 saturated carbocycles. The fourth-order valence-corrected chi connectivity index (χ4v) is 2.04. The molecule has 2 N–H and O–H groups in total. The molecule has 0 aromatic heterocycles. The summed E-state index contributed by atoms with van der Waals surface area (Å²) in [5, 5.41) is 0. The third-order valence-electron chi connectivity index (χ3n) is 1.86. The van der Waals surface area contributed by atoms with Crippen molar-refractivity contribution in [3.8, 4) is 5.75 Å². The number of hydrogen-bond donors (Lipinski definition) is 1. The monoisotopic (exact) mass is 327 g/mol. The minimum Gasteiger partial charge on any atom is -0.492 e. The minimum absolute atomic E-state index is 0.0690. The zero-order valence-electron chi connectivity index (χ0n) is 8.55. The van der Waals surface area contributed by atoms with E-state index in [4.69, 9.17) is 22.7 Å². The zero-order valence-corrected chi connectivity index (χ0v) is 11.0. The molecule has 94 valence electrons. The van der Waals surface area contributed by atoms with Crippen LogP contribution in [0.4, 0.5) is 13.2 Å². The second-order valence-corrected chi connectivity index (χ2v) is 4.49. The van der Waals surface area contributed by atoms with Gasteiger partial charge in [-0.3, -0.25) is 0 Å². The van der Waals surface area contributed by atoms with Crippen LogP contribution in [0.5, 0.6) is 5.75 Å². The standard InChI is InChI=1S/C10H9BrF3NOS/c11-6-2-1-3-7(8(6)9(15)17)16-5-4-10(12,13)14/h1-3H,4-5H2,(H2,15,17). The van der Waals surface area contributed by atoms with E-state index in [1.54, 1.807) is 12.1 Å². The van der Waals surface area contributed by atoms with Gasteiger partial charge in [-0.2, -0.15) is 13.2 Å². The Morgan fingerprint density at radius 3 is 2.59 bits per heavy atom. The van der Waals surface area contributed by atoms with E-state index in [-0.39, 0.29) is 10.7 Å². The SMILES string of the molecule is NC(=S)c1c(Br)cccc1OCCC(F)(F)F. The van der Waals surface area contributed by atoms with Crippen molar-refractivity contribution < 1.29 is 17.9 Å². The average Bonchev–Trinajstić information content (AvgIpc) is 2.14. The summed E-state index contributed by atoms with van der Waals surface area (Å²) in [6, 6.07) is 4.84. The molecule has 0 radical (unpaired) electrons. The van der Waals surface area contributed by atoms with Crippen LogP contribution in [0.2, 0.25) is 0 Å². The lowest BCUT2D eigenvalue weighted by Crippen LogP contribution is -2.16. The number of rotatable bonds is 4. The van der Waals surface area contributed by atoms with E-state index < -0.39 is 19.2 Å². The van der Waals surface area contributed by atoms with Gasteiger partial charge in [0.1, 0.15) is 10.7 Å². The number of benzene rings is 1. The Kier molecular flexibility index (Phi) is 4.76. The number of alkyl halides is 3. The molecule has 0 spiro atoms. The van der Waals surface area contributed by atoms with E-state index in [2.05, 4.69) is 15.9 Å². The third-order valence-corrected chi connectivity index (χ3v) is 2.73. The fourth-order valence-electron chi connectivity index (χ4n) is 1.14. The molecule has 0 aliphatic rings. The molecule has 0 aliphatic heterocycles. The highest BCUT2D eigenvalue weighted by atomic mass is 79.9.